The number of fused-ring (bicyclic) bond motifs is 1. The highest BCUT2D eigenvalue weighted by atomic mass is 32.2. The van der Waals surface area contributed by atoms with Crippen LogP contribution in [0.1, 0.15) is 33.1 Å². The SMILES string of the molecule is COC(=O)c1ccc([C@H]2Nn3c(nnc3-c3ccccc3)S[C@H]2C(=O)Nc2ccc(C)c(C)c2)cc1. The van der Waals surface area contributed by atoms with Crippen LogP contribution in [0.4, 0.5) is 5.69 Å². The number of thioether (sulfide) groups is 1. The highest BCUT2D eigenvalue weighted by molar-refractivity contribution is 8.00. The summed E-state index contributed by atoms with van der Waals surface area (Å²) in [6.45, 7) is 4.05. The van der Waals surface area contributed by atoms with Gasteiger partial charge in [0.25, 0.3) is 0 Å². The zero-order valence-corrected chi connectivity index (χ0v) is 20.9. The van der Waals surface area contributed by atoms with Crippen LogP contribution >= 0.6 is 11.8 Å². The number of rotatable bonds is 5. The molecule has 182 valence electrons. The topological polar surface area (TPSA) is 98.1 Å². The summed E-state index contributed by atoms with van der Waals surface area (Å²) in [6.07, 6.45) is 0. The fraction of sp³-hybridized carbons (Fsp3) is 0.185. The first kappa shape index (κ1) is 23.6. The highest BCUT2D eigenvalue weighted by Crippen LogP contribution is 2.39. The molecular weight excluding hydrogens is 474 g/mol. The van der Waals surface area contributed by atoms with E-state index in [0.29, 0.717) is 16.5 Å². The second-order valence-corrected chi connectivity index (χ2v) is 9.66. The number of carbonyl (C=O) groups excluding carboxylic acids is 2. The molecule has 0 aliphatic carbocycles. The van der Waals surface area contributed by atoms with E-state index in [1.807, 2.05) is 79.2 Å². The number of hydrogen-bond donors (Lipinski definition) is 2. The van der Waals surface area contributed by atoms with Gasteiger partial charge in [0.15, 0.2) is 5.82 Å². The molecule has 36 heavy (non-hydrogen) atoms. The van der Waals surface area contributed by atoms with Gasteiger partial charge in [-0.2, -0.15) is 0 Å². The molecule has 0 saturated carbocycles. The smallest absolute Gasteiger partial charge is 0.337 e. The number of nitrogens with one attached hydrogen (secondary N) is 2. The number of carbonyl (C=O) groups is 2. The van der Waals surface area contributed by atoms with Gasteiger partial charge in [-0.1, -0.05) is 60.3 Å². The Morgan fingerprint density at radius 2 is 1.72 bits per heavy atom. The maximum absolute atomic E-state index is 13.6. The van der Waals surface area contributed by atoms with E-state index >= 15 is 0 Å². The van der Waals surface area contributed by atoms with E-state index in [0.717, 1.165) is 27.9 Å². The van der Waals surface area contributed by atoms with Crippen LogP contribution in [-0.4, -0.2) is 39.1 Å². The Hall–Kier alpha value is -4.11. The Kier molecular flexibility index (Phi) is 6.47. The summed E-state index contributed by atoms with van der Waals surface area (Å²) >= 11 is 1.35. The summed E-state index contributed by atoms with van der Waals surface area (Å²) in [5.41, 5.74) is 8.64. The number of esters is 1. The molecule has 1 aliphatic rings. The number of benzene rings is 3. The Morgan fingerprint density at radius 1 is 0.972 bits per heavy atom. The number of methoxy groups -OCH3 is 1. The van der Waals surface area contributed by atoms with E-state index in [1.165, 1.54) is 18.9 Å². The van der Waals surface area contributed by atoms with Gasteiger partial charge >= 0.3 is 5.97 Å². The molecule has 8 nitrogen and oxygen atoms in total. The van der Waals surface area contributed by atoms with Crippen molar-refractivity contribution >= 4 is 29.3 Å². The van der Waals surface area contributed by atoms with Crippen LogP contribution in [0.5, 0.6) is 0 Å². The average Bonchev–Trinajstić information content (AvgIpc) is 3.33. The Bertz CT molecular complexity index is 1420. The Labute approximate surface area is 213 Å². The predicted molar refractivity (Wildman–Crippen MR) is 140 cm³/mol. The van der Waals surface area contributed by atoms with E-state index in [4.69, 9.17) is 4.74 Å². The summed E-state index contributed by atoms with van der Waals surface area (Å²) in [6, 6.07) is 22.2. The standard InChI is InChI=1S/C27H25N5O3S/c1-16-9-14-21(15-17(16)2)28-25(33)23-22(18-10-12-20(13-11-18)26(34)35-3)31-32-24(29-30-27(32)36-23)19-7-5-4-6-8-19/h4-15,22-23,31H,1-3H3,(H,28,33)/t22-,23-/m1/s1. The predicted octanol–water partition coefficient (Wildman–Crippen LogP) is 4.75. The summed E-state index contributed by atoms with van der Waals surface area (Å²) < 4.78 is 6.64. The van der Waals surface area contributed by atoms with Crippen LogP contribution in [0.15, 0.2) is 78.0 Å². The van der Waals surface area contributed by atoms with Gasteiger partial charge < -0.3 is 15.5 Å². The number of nitrogens with zero attached hydrogens (tertiary/aromatic N) is 3. The second-order valence-electron chi connectivity index (χ2n) is 8.55. The number of hydrogen-bond acceptors (Lipinski definition) is 7. The van der Waals surface area contributed by atoms with Crippen LogP contribution in [0, 0.1) is 13.8 Å². The monoisotopic (exact) mass is 499 g/mol. The molecule has 0 spiro atoms. The normalized spacial score (nSPS) is 16.5. The molecule has 4 aromatic rings. The molecule has 9 heteroatoms. The number of ether oxygens (including phenoxy) is 1. The van der Waals surface area contributed by atoms with E-state index in [9.17, 15) is 9.59 Å². The Morgan fingerprint density at radius 3 is 2.42 bits per heavy atom. The molecular formula is C27H25N5O3S. The van der Waals surface area contributed by atoms with Gasteiger partial charge in [-0.15, -0.1) is 10.2 Å². The summed E-state index contributed by atoms with van der Waals surface area (Å²) in [4.78, 5) is 25.5. The number of aryl methyl sites for hydroxylation is 2. The molecule has 2 atom stereocenters. The van der Waals surface area contributed by atoms with Crippen molar-refractivity contribution in [1.29, 1.82) is 0 Å². The maximum Gasteiger partial charge on any atom is 0.337 e. The number of anilines is 1. The van der Waals surface area contributed by atoms with Gasteiger partial charge in [0.1, 0.15) is 5.25 Å². The average molecular weight is 500 g/mol. The van der Waals surface area contributed by atoms with Crippen molar-refractivity contribution in [3.8, 4) is 11.4 Å². The molecule has 0 fully saturated rings. The highest BCUT2D eigenvalue weighted by Gasteiger charge is 2.38. The third-order valence-corrected chi connectivity index (χ3v) is 7.41. The largest absolute Gasteiger partial charge is 0.465 e. The zero-order valence-electron chi connectivity index (χ0n) is 20.1. The van der Waals surface area contributed by atoms with Crippen LogP contribution in [0.2, 0.25) is 0 Å². The minimum Gasteiger partial charge on any atom is -0.465 e. The van der Waals surface area contributed by atoms with E-state index in [2.05, 4.69) is 20.9 Å². The van der Waals surface area contributed by atoms with E-state index in [1.54, 1.807) is 12.1 Å². The van der Waals surface area contributed by atoms with Crippen molar-refractivity contribution in [2.24, 2.45) is 0 Å². The van der Waals surface area contributed by atoms with Crippen LogP contribution in [0.3, 0.4) is 0 Å². The third-order valence-electron chi connectivity index (χ3n) is 6.19. The fourth-order valence-electron chi connectivity index (χ4n) is 4.06. The summed E-state index contributed by atoms with van der Waals surface area (Å²) in [5, 5.41) is 11.8. The third kappa shape index (κ3) is 4.57. The van der Waals surface area contributed by atoms with Crippen molar-refractivity contribution < 1.29 is 14.3 Å². The summed E-state index contributed by atoms with van der Waals surface area (Å²) in [7, 11) is 1.35. The lowest BCUT2D eigenvalue weighted by Crippen LogP contribution is -2.41. The lowest BCUT2D eigenvalue weighted by Gasteiger charge is -2.33. The molecule has 0 unspecified atom stereocenters. The molecule has 1 amide bonds. The number of amides is 1. The second kappa shape index (κ2) is 9.87. The van der Waals surface area contributed by atoms with E-state index < -0.39 is 17.3 Å². The van der Waals surface area contributed by atoms with Crippen LogP contribution in [-0.2, 0) is 9.53 Å². The van der Waals surface area contributed by atoms with Gasteiger partial charge in [-0.25, -0.2) is 9.47 Å². The van der Waals surface area contributed by atoms with Crippen molar-refractivity contribution in [3.05, 3.63) is 95.1 Å². The molecule has 0 radical (unpaired) electrons. The van der Waals surface area contributed by atoms with Crippen molar-refractivity contribution in [2.75, 3.05) is 17.9 Å². The first-order valence-electron chi connectivity index (χ1n) is 11.4. The quantitative estimate of drug-likeness (QED) is 0.383. The van der Waals surface area contributed by atoms with Crippen molar-refractivity contribution in [1.82, 2.24) is 14.9 Å². The molecule has 0 bridgehead atoms. The molecule has 5 rings (SSSR count). The van der Waals surface area contributed by atoms with Crippen molar-refractivity contribution in [3.63, 3.8) is 0 Å². The molecule has 2 N–H and O–H groups in total. The number of aromatic nitrogens is 3. The lowest BCUT2D eigenvalue weighted by atomic mass is 10.0. The fourth-order valence-corrected chi connectivity index (χ4v) is 5.14. The van der Waals surface area contributed by atoms with Gasteiger partial charge in [0, 0.05) is 11.3 Å². The molecule has 1 aliphatic heterocycles. The molecule has 2 heterocycles. The van der Waals surface area contributed by atoms with Crippen molar-refractivity contribution in [2.45, 2.75) is 30.3 Å². The van der Waals surface area contributed by atoms with Crippen LogP contribution < -0.4 is 10.7 Å². The van der Waals surface area contributed by atoms with Gasteiger partial charge in [0.05, 0.1) is 18.7 Å². The molecule has 3 aromatic carbocycles. The minimum absolute atomic E-state index is 0.159. The van der Waals surface area contributed by atoms with Crippen LogP contribution in [0.25, 0.3) is 11.4 Å². The first-order chi connectivity index (χ1) is 17.4. The molecule has 0 saturated heterocycles. The first-order valence-corrected chi connectivity index (χ1v) is 12.3. The lowest BCUT2D eigenvalue weighted by molar-refractivity contribution is -0.116. The minimum atomic E-state index is -0.545. The Balaban J connectivity index is 1.50. The van der Waals surface area contributed by atoms with Gasteiger partial charge in [-0.3, -0.25) is 4.79 Å². The maximum atomic E-state index is 13.6. The zero-order chi connectivity index (χ0) is 25.2. The van der Waals surface area contributed by atoms with Gasteiger partial charge in [-0.05, 0) is 54.8 Å². The van der Waals surface area contributed by atoms with Gasteiger partial charge in [0.2, 0.25) is 11.1 Å². The molecule has 1 aromatic heterocycles. The summed E-state index contributed by atoms with van der Waals surface area (Å²) in [5.74, 6) is 0.0830. The van der Waals surface area contributed by atoms with E-state index in [-0.39, 0.29) is 5.91 Å².